The van der Waals surface area contributed by atoms with Crippen LogP contribution >= 0.6 is 22.6 Å². The van der Waals surface area contributed by atoms with Gasteiger partial charge in [0.2, 0.25) is 0 Å². The second-order valence-corrected chi connectivity index (χ2v) is 7.27. The van der Waals surface area contributed by atoms with E-state index in [1.54, 1.807) is 12.1 Å². The number of non-ortho nitro benzene ring substituents is 1. The molecule has 2 rings (SSSR count). The van der Waals surface area contributed by atoms with Crippen LogP contribution in [0.15, 0.2) is 48.5 Å². The maximum absolute atomic E-state index is 10.6. The first-order chi connectivity index (χ1) is 12.6. The highest BCUT2D eigenvalue weighted by Crippen LogP contribution is 2.18. The maximum Gasteiger partial charge on any atom is 0.269 e. The van der Waals surface area contributed by atoms with Gasteiger partial charge >= 0.3 is 0 Å². The number of unbranched alkanes of at least 4 members (excludes halogenated alkanes) is 5. The van der Waals surface area contributed by atoms with Gasteiger partial charge in [-0.1, -0.05) is 25.7 Å². The molecule has 0 unspecified atom stereocenters. The molecule has 0 N–H and O–H groups in total. The zero-order valence-corrected chi connectivity index (χ0v) is 16.9. The molecule has 26 heavy (non-hydrogen) atoms. The Bertz CT molecular complexity index is 659. The van der Waals surface area contributed by atoms with Gasteiger partial charge in [-0.25, -0.2) is 0 Å². The third kappa shape index (κ3) is 8.03. The van der Waals surface area contributed by atoms with Gasteiger partial charge in [-0.3, -0.25) is 10.1 Å². The van der Waals surface area contributed by atoms with E-state index in [1.807, 2.05) is 12.1 Å². The second kappa shape index (κ2) is 11.7. The summed E-state index contributed by atoms with van der Waals surface area (Å²) in [5, 5.41) is 10.6. The van der Waals surface area contributed by atoms with Crippen LogP contribution in [0.2, 0.25) is 0 Å². The molecule has 2 aromatic rings. The number of rotatable bonds is 12. The Hall–Kier alpha value is -1.83. The molecule has 0 heterocycles. The summed E-state index contributed by atoms with van der Waals surface area (Å²) in [4.78, 5) is 10.2. The van der Waals surface area contributed by atoms with Gasteiger partial charge in [0.25, 0.3) is 5.69 Å². The first-order valence-corrected chi connectivity index (χ1v) is 9.98. The van der Waals surface area contributed by atoms with Gasteiger partial charge in [-0.15, -0.1) is 0 Å². The van der Waals surface area contributed by atoms with E-state index in [0.717, 1.165) is 31.6 Å². The standard InChI is InChI=1S/C20H24INO4/c21-17-7-11-19(12-8-17)25-15-5-3-1-2-4-6-16-26-20-13-9-18(10-14-20)22(23)24/h7-14H,1-6,15-16H2. The van der Waals surface area contributed by atoms with E-state index in [4.69, 9.17) is 9.47 Å². The molecule has 140 valence electrons. The topological polar surface area (TPSA) is 61.6 Å². The molecule has 0 radical (unpaired) electrons. The summed E-state index contributed by atoms with van der Waals surface area (Å²) in [5.74, 6) is 1.62. The summed E-state index contributed by atoms with van der Waals surface area (Å²) in [7, 11) is 0. The zero-order valence-electron chi connectivity index (χ0n) is 14.7. The minimum absolute atomic E-state index is 0.0864. The normalized spacial score (nSPS) is 10.5. The van der Waals surface area contributed by atoms with Crippen LogP contribution in [0.5, 0.6) is 11.5 Å². The van der Waals surface area contributed by atoms with Crippen molar-refractivity contribution in [2.75, 3.05) is 13.2 Å². The Labute approximate surface area is 168 Å². The molecule has 5 nitrogen and oxygen atoms in total. The van der Waals surface area contributed by atoms with Gasteiger partial charge in [0.05, 0.1) is 18.1 Å². The monoisotopic (exact) mass is 469 g/mol. The number of halogens is 1. The lowest BCUT2D eigenvalue weighted by atomic mass is 10.1. The lowest BCUT2D eigenvalue weighted by Crippen LogP contribution is -1.98. The molecule has 0 saturated carbocycles. The molecule has 6 heteroatoms. The number of nitrogens with zero attached hydrogens (tertiary/aromatic N) is 1. The van der Waals surface area contributed by atoms with Gasteiger partial charge in [-0.2, -0.15) is 0 Å². The number of nitro groups is 1. The molecule has 0 saturated heterocycles. The number of benzene rings is 2. The Morgan fingerprint density at radius 1 is 0.731 bits per heavy atom. The molecule has 0 bridgehead atoms. The van der Waals surface area contributed by atoms with E-state index in [0.29, 0.717) is 12.4 Å². The summed E-state index contributed by atoms with van der Waals surface area (Å²) >= 11 is 2.28. The Morgan fingerprint density at radius 3 is 1.62 bits per heavy atom. The molecule has 0 amide bonds. The minimum atomic E-state index is -0.407. The number of hydrogen-bond donors (Lipinski definition) is 0. The highest BCUT2D eigenvalue weighted by molar-refractivity contribution is 14.1. The summed E-state index contributed by atoms with van der Waals surface area (Å²) in [5.41, 5.74) is 0.0864. The third-order valence-electron chi connectivity index (χ3n) is 3.94. The SMILES string of the molecule is O=[N+]([O-])c1ccc(OCCCCCCCCOc2ccc(I)cc2)cc1. The highest BCUT2D eigenvalue weighted by atomic mass is 127. The molecule has 0 fully saturated rings. The second-order valence-electron chi connectivity index (χ2n) is 6.02. The fourth-order valence-corrected chi connectivity index (χ4v) is 2.85. The van der Waals surface area contributed by atoms with E-state index in [2.05, 4.69) is 34.7 Å². The van der Waals surface area contributed by atoms with Crippen LogP contribution in [0, 0.1) is 13.7 Å². The third-order valence-corrected chi connectivity index (χ3v) is 4.66. The van der Waals surface area contributed by atoms with Crippen LogP contribution in [0.3, 0.4) is 0 Å². The first-order valence-electron chi connectivity index (χ1n) is 8.91. The molecule has 0 spiro atoms. The molecule has 0 aliphatic carbocycles. The molecule has 0 aliphatic rings. The van der Waals surface area contributed by atoms with Crippen LogP contribution in [0.1, 0.15) is 38.5 Å². The average molecular weight is 469 g/mol. The fourth-order valence-electron chi connectivity index (χ4n) is 2.49. The number of nitro benzene ring substituents is 1. The summed E-state index contributed by atoms with van der Waals surface area (Å²) in [6.45, 7) is 1.41. The van der Waals surface area contributed by atoms with Crippen molar-refractivity contribution in [3.63, 3.8) is 0 Å². The van der Waals surface area contributed by atoms with Crippen LogP contribution in [-0.4, -0.2) is 18.1 Å². The largest absolute Gasteiger partial charge is 0.494 e. The van der Waals surface area contributed by atoms with Crippen molar-refractivity contribution in [1.82, 2.24) is 0 Å². The smallest absolute Gasteiger partial charge is 0.269 e. The van der Waals surface area contributed by atoms with Gasteiger partial charge in [0.15, 0.2) is 0 Å². The van der Waals surface area contributed by atoms with E-state index < -0.39 is 4.92 Å². The van der Waals surface area contributed by atoms with Crippen molar-refractivity contribution >= 4 is 28.3 Å². The summed E-state index contributed by atoms with van der Waals surface area (Å²) in [6, 6.07) is 14.3. The van der Waals surface area contributed by atoms with Crippen LogP contribution in [0.4, 0.5) is 5.69 Å². The molecule has 0 atom stereocenters. The zero-order chi connectivity index (χ0) is 18.6. The van der Waals surface area contributed by atoms with Crippen molar-refractivity contribution in [2.24, 2.45) is 0 Å². The number of ether oxygens (including phenoxy) is 2. The first kappa shape index (κ1) is 20.5. The van der Waals surface area contributed by atoms with E-state index in [9.17, 15) is 10.1 Å². The lowest BCUT2D eigenvalue weighted by molar-refractivity contribution is -0.384. The maximum atomic E-state index is 10.6. The predicted molar refractivity (Wildman–Crippen MR) is 111 cm³/mol. The average Bonchev–Trinajstić information content (AvgIpc) is 2.65. The van der Waals surface area contributed by atoms with Gasteiger partial charge < -0.3 is 9.47 Å². The summed E-state index contributed by atoms with van der Waals surface area (Å²) < 4.78 is 12.5. The Balaban J connectivity index is 1.43. The lowest BCUT2D eigenvalue weighted by Gasteiger charge is -2.07. The van der Waals surface area contributed by atoms with E-state index in [-0.39, 0.29) is 5.69 Å². The Kier molecular flexibility index (Phi) is 9.23. The molecule has 2 aromatic carbocycles. The van der Waals surface area contributed by atoms with Crippen molar-refractivity contribution < 1.29 is 14.4 Å². The van der Waals surface area contributed by atoms with Crippen molar-refractivity contribution in [3.05, 3.63) is 62.2 Å². The van der Waals surface area contributed by atoms with E-state index >= 15 is 0 Å². The fraction of sp³-hybridized carbons (Fsp3) is 0.400. The van der Waals surface area contributed by atoms with E-state index in [1.165, 1.54) is 35.0 Å². The quantitative estimate of drug-likeness (QED) is 0.166. The molecular weight excluding hydrogens is 445 g/mol. The van der Waals surface area contributed by atoms with Gasteiger partial charge in [-0.05, 0) is 71.8 Å². The highest BCUT2D eigenvalue weighted by Gasteiger charge is 2.04. The van der Waals surface area contributed by atoms with Crippen LogP contribution in [0.25, 0.3) is 0 Å². The molecule has 0 aliphatic heterocycles. The van der Waals surface area contributed by atoms with Crippen molar-refractivity contribution in [1.29, 1.82) is 0 Å². The van der Waals surface area contributed by atoms with Crippen LogP contribution < -0.4 is 9.47 Å². The minimum Gasteiger partial charge on any atom is -0.494 e. The summed E-state index contributed by atoms with van der Waals surface area (Å²) in [6.07, 6.45) is 6.76. The Morgan fingerprint density at radius 2 is 1.15 bits per heavy atom. The van der Waals surface area contributed by atoms with Crippen LogP contribution in [-0.2, 0) is 0 Å². The van der Waals surface area contributed by atoms with Crippen molar-refractivity contribution in [3.8, 4) is 11.5 Å². The van der Waals surface area contributed by atoms with Gasteiger partial charge in [0, 0.05) is 15.7 Å². The predicted octanol–water partition coefficient (Wildman–Crippen LogP) is 6.00. The number of hydrogen-bond acceptors (Lipinski definition) is 4. The van der Waals surface area contributed by atoms with Crippen molar-refractivity contribution in [2.45, 2.75) is 38.5 Å². The van der Waals surface area contributed by atoms with Gasteiger partial charge in [0.1, 0.15) is 11.5 Å². The molecular formula is C20H24INO4. The molecule has 0 aromatic heterocycles.